The third kappa shape index (κ3) is 2.90. The normalized spacial score (nSPS) is 27.9. The Morgan fingerprint density at radius 2 is 1.94 bits per heavy atom. The van der Waals surface area contributed by atoms with Gasteiger partial charge in [0, 0.05) is 0 Å². The van der Waals surface area contributed by atoms with Gasteiger partial charge in [0.15, 0.2) is 0 Å². The maximum Gasteiger partial charge on any atom is 0.408 e. The number of hydrogen-bond acceptors (Lipinski definition) is 4. The number of amides is 1. The van der Waals surface area contributed by atoms with Gasteiger partial charge >= 0.3 is 12.1 Å². The van der Waals surface area contributed by atoms with E-state index in [0.717, 1.165) is 6.42 Å². The van der Waals surface area contributed by atoms with Crippen molar-refractivity contribution in [3.8, 4) is 0 Å². The van der Waals surface area contributed by atoms with E-state index in [4.69, 9.17) is 9.47 Å². The van der Waals surface area contributed by atoms with Gasteiger partial charge in [0.1, 0.15) is 11.1 Å². The summed E-state index contributed by atoms with van der Waals surface area (Å²) in [6.45, 7) is 7.25. The monoisotopic (exact) mass is 243 g/mol. The molecule has 0 unspecified atom stereocenters. The Bertz CT molecular complexity index is 321. The maximum absolute atomic E-state index is 11.7. The zero-order valence-electron chi connectivity index (χ0n) is 11.1. The second-order valence-electron chi connectivity index (χ2n) is 5.53. The van der Waals surface area contributed by atoms with Crippen molar-refractivity contribution in [1.82, 2.24) is 5.32 Å². The number of methoxy groups -OCH3 is 1. The summed E-state index contributed by atoms with van der Waals surface area (Å²) in [7, 11) is 1.33. The minimum Gasteiger partial charge on any atom is -0.467 e. The minimum atomic E-state index is -0.906. The van der Waals surface area contributed by atoms with E-state index < -0.39 is 23.2 Å². The second kappa shape index (κ2) is 4.55. The van der Waals surface area contributed by atoms with Crippen LogP contribution in [0.15, 0.2) is 0 Å². The molecule has 0 aliphatic heterocycles. The van der Waals surface area contributed by atoms with Crippen LogP contribution in [0, 0.1) is 5.92 Å². The molecule has 5 heteroatoms. The molecular weight excluding hydrogens is 222 g/mol. The predicted molar refractivity (Wildman–Crippen MR) is 62.5 cm³/mol. The van der Waals surface area contributed by atoms with E-state index in [1.54, 1.807) is 20.8 Å². The third-order valence-corrected chi connectivity index (χ3v) is 3.09. The van der Waals surface area contributed by atoms with E-state index in [9.17, 15) is 9.59 Å². The van der Waals surface area contributed by atoms with Crippen molar-refractivity contribution in [3.63, 3.8) is 0 Å². The lowest BCUT2D eigenvalue weighted by molar-refractivity contribution is -0.156. The van der Waals surface area contributed by atoms with E-state index in [1.165, 1.54) is 7.11 Å². The molecular formula is C12H21NO4. The maximum atomic E-state index is 11.7. The van der Waals surface area contributed by atoms with Gasteiger partial charge in [-0.3, -0.25) is 0 Å². The molecule has 0 spiro atoms. The molecule has 1 aliphatic carbocycles. The first-order valence-electron chi connectivity index (χ1n) is 5.81. The molecule has 0 aromatic carbocycles. The van der Waals surface area contributed by atoms with Crippen LogP contribution in [0.1, 0.15) is 40.5 Å². The first kappa shape index (κ1) is 13.8. The van der Waals surface area contributed by atoms with Crippen LogP contribution in [-0.2, 0) is 14.3 Å². The zero-order chi connectivity index (χ0) is 13.3. The number of rotatable bonds is 2. The molecule has 5 nitrogen and oxygen atoms in total. The van der Waals surface area contributed by atoms with Gasteiger partial charge in [-0.25, -0.2) is 9.59 Å². The first-order valence-corrected chi connectivity index (χ1v) is 5.81. The van der Waals surface area contributed by atoms with Crippen LogP contribution in [0.2, 0.25) is 0 Å². The van der Waals surface area contributed by atoms with Crippen LogP contribution in [0.25, 0.3) is 0 Å². The summed E-state index contributed by atoms with van der Waals surface area (Å²) in [6.07, 6.45) is 0.916. The van der Waals surface area contributed by atoms with Gasteiger partial charge in [0.2, 0.25) is 0 Å². The van der Waals surface area contributed by atoms with Gasteiger partial charge < -0.3 is 14.8 Å². The Morgan fingerprint density at radius 1 is 1.35 bits per heavy atom. The molecule has 2 atom stereocenters. The average Bonchev–Trinajstić information content (AvgIpc) is 2.20. The molecule has 0 heterocycles. The van der Waals surface area contributed by atoms with E-state index in [2.05, 4.69) is 5.32 Å². The van der Waals surface area contributed by atoms with Crippen LogP contribution >= 0.6 is 0 Å². The van der Waals surface area contributed by atoms with E-state index in [1.807, 2.05) is 6.92 Å². The molecule has 17 heavy (non-hydrogen) atoms. The van der Waals surface area contributed by atoms with Crippen LogP contribution < -0.4 is 5.32 Å². The zero-order valence-corrected chi connectivity index (χ0v) is 11.1. The lowest BCUT2D eigenvalue weighted by Gasteiger charge is -2.45. The molecule has 1 rings (SSSR count). The van der Waals surface area contributed by atoms with Gasteiger partial charge in [0.05, 0.1) is 7.11 Å². The van der Waals surface area contributed by atoms with Gasteiger partial charge in [-0.2, -0.15) is 0 Å². The number of esters is 1. The van der Waals surface area contributed by atoms with Gasteiger partial charge in [-0.1, -0.05) is 6.92 Å². The summed E-state index contributed by atoms with van der Waals surface area (Å²) in [6, 6.07) is 0. The van der Waals surface area contributed by atoms with Crippen molar-refractivity contribution in [2.45, 2.75) is 51.7 Å². The quantitative estimate of drug-likeness (QED) is 0.752. The van der Waals surface area contributed by atoms with Crippen LogP contribution in [0.5, 0.6) is 0 Å². The van der Waals surface area contributed by atoms with Gasteiger partial charge in [-0.15, -0.1) is 0 Å². The van der Waals surface area contributed by atoms with Crippen molar-refractivity contribution in [1.29, 1.82) is 0 Å². The van der Waals surface area contributed by atoms with Crippen molar-refractivity contribution in [2.75, 3.05) is 7.11 Å². The molecule has 0 aromatic rings. The summed E-state index contributed by atoms with van der Waals surface area (Å²) < 4.78 is 9.90. The SMILES string of the molecule is COC(=O)[C@]1(NC(=O)OC(C)(C)C)CC[C@H]1C. The van der Waals surface area contributed by atoms with E-state index in [-0.39, 0.29) is 5.92 Å². The second-order valence-corrected chi connectivity index (χ2v) is 5.53. The predicted octanol–water partition coefficient (Wildman–Crippen LogP) is 1.85. The molecule has 1 aliphatic rings. The van der Waals surface area contributed by atoms with Crippen molar-refractivity contribution < 1.29 is 19.1 Å². The van der Waals surface area contributed by atoms with Crippen LogP contribution in [-0.4, -0.2) is 30.3 Å². The summed E-state index contributed by atoms with van der Waals surface area (Å²) in [5, 5.41) is 2.65. The number of ether oxygens (including phenoxy) is 2. The van der Waals surface area contributed by atoms with Crippen molar-refractivity contribution in [3.05, 3.63) is 0 Å². The molecule has 98 valence electrons. The summed E-state index contributed by atoms with van der Waals surface area (Å²) >= 11 is 0. The lowest BCUT2D eigenvalue weighted by Crippen LogP contribution is -2.65. The average molecular weight is 243 g/mol. The first-order chi connectivity index (χ1) is 7.71. The minimum absolute atomic E-state index is 0.0717. The highest BCUT2D eigenvalue weighted by molar-refractivity contribution is 5.87. The van der Waals surface area contributed by atoms with E-state index >= 15 is 0 Å². The number of carbonyl (C=O) groups excluding carboxylic acids is 2. The third-order valence-electron chi connectivity index (χ3n) is 3.09. The van der Waals surface area contributed by atoms with Gasteiger partial charge in [-0.05, 0) is 39.5 Å². The number of hydrogen-bond donors (Lipinski definition) is 1. The van der Waals surface area contributed by atoms with E-state index in [0.29, 0.717) is 6.42 Å². The fourth-order valence-corrected chi connectivity index (χ4v) is 1.93. The lowest BCUT2D eigenvalue weighted by atomic mass is 9.67. The number of alkyl carbamates (subject to hydrolysis) is 1. The highest BCUT2D eigenvalue weighted by atomic mass is 16.6. The Labute approximate surface area is 102 Å². The van der Waals surface area contributed by atoms with Crippen molar-refractivity contribution in [2.24, 2.45) is 5.92 Å². The van der Waals surface area contributed by atoms with Crippen LogP contribution in [0.4, 0.5) is 4.79 Å². The smallest absolute Gasteiger partial charge is 0.408 e. The standard InChI is InChI=1S/C12H21NO4/c1-8-6-7-12(8,9(14)16-5)13-10(15)17-11(2,3)4/h8H,6-7H2,1-5H3,(H,13,15)/t8-,12+/m1/s1. The number of nitrogens with one attached hydrogen (secondary N) is 1. The fraction of sp³-hybridized carbons (Fsp3) is 0.833. The Balaban J connectivity index is 2.69. The largest absolute Gasteiger partial charge is 0.467 e. The highest BCUT2D eigenvalue weighted by Crippen LogP contribution is 2.39. The Hall–Kier alpha value is -1.26. The molecule has 1 saturated carbocycles. The van der Waals surface area contributed by atoms with Crippen LogP contribution in [0.3, 0.4) is 0 Å². The molecule has 0 aromatic heterocycles. The summed E-state index contributed by atoms with van der Waals surface area (Å²) in [4.78, 5) is 23.4. The Morgan fingerprint density at radius 3 is 2.24 bits per heavy atom. The topological polar surface area (TPSA) is 64.6 Å². The molecule has 1 N–H and O–H groups in total. The molecule has 1 amide bonds. The van der Waals surface area contributed by atoms with Gasteiger partial charge in [0.25, 0.3) is 0 Å². The fourth-order valence-electron chi connectivity index (χ4n) is 1.93. The van der Waals surface area contributed by atoms with Crippen molar-refractivity contribution >= 4 is 12.1 Å². The molecule has 0 radical (unpaired) electrons. The highest BCUT2D eigenvalue weighted by Gasteiger charge is 2.53. The summed E-state index contributed by atoms with van der Waals surface area (Å²) in [5.74, 6) is -0.329. The Kier molecular flexibility index (Phi) is 3.69. The molecule has 0 bridgehead atoms. The summed E-state index contributed by atoms with van der Waals surface area (Å²) in [5.41, 5.74) is -1.48. The molecule has 0 saturated heterocycles. The molecule has 1 fully saturated rings. The number of carbonyl (C=O) groups is 2.